The maximum atomic E-state index is 12.8. The molecule has 4 nitrogen and oxygen atoms in total. The van der Waals surface area contributed by atoms with Crippen molar-refractivity contribution < 1.29 is 9.53 Å². The summed E-state index contributed by atoms with van der Waals surface area (Å²) in [5, 5.41) is 2.17. The number of hydrogen-bond donors (Lipinski definition) is 0. The van der Waals surface area contributed by atoms with Crippen LogP contribution in [0.3, 0.4) is 0 Å². The number of thiophene rings is 1. The van der Waals surface area contributed by atoms with Crippen LogP contribution >= 0.6 is 11.3 Å². The molecule has 22 heavy (non-hydrogen) atoms. The molecule has 1 aliphatic carbocycles. The number of carbonyl (C=O) groups excluding carboxylic acids is 1. The Balaban J connectivity index is 1.39. The first-order valence-electron chi connectivity index (χ1n) is 8.50. The van der Waals surface area contributed by atoms with E-state index in [1.54, 1.807) is 0 Å². The number of rotatable bonds is 2. The molecule has 2 atom stereocenters. The van der Waals surface area contributed by atoms with Crippen LogP contribution in [0.4, 0.5) is 0 Å². The van der Waals surface area contributed by atoms with Crippen molar-refractivity contribution in [3.8, 4) is 0 Å². The van der Waals surface area contributed by atoms with Crippen molar-refractivity contribution in [3.63, 3.8) is 0 Å². The number of hydrogen-bond acceptors (Lipinski definition) is 4. The van der Waals surface area contributed by atoms with Gasteiger partial charge in [-0.25, -0.2) is 0 Å². The van der Waals surface area contributed by atoms with Crippen molar-refractivity contribution in [1.82, 2.24) is 9.80 Å². The van der Waals surface area contributed by atoms with Crippen molar-refractivity contribution >= 4 is 17.2 Å². The number of morpholine rings is 1. The minimum Gasteiger partial charge on any atom is -0.374 e. The molecule has 2 aliphatic heterocycles. The van der Waals surface area contributed by atoms with Gasteiger partial charge in [0.1, 0.15) is 0 Å². The molecule has 0 N–H and O–H groups in total. The molecule has 1 saturated carbocycles. The molecule has 3 heterocycles. The highest BCUT2D eigenvalue weighted by Crippen LogP contribution is 2.29. The number of amides is 1. The van der Waals surface area contributed by atoms with Crippen LogP contribution in [0.1, 0.15) is 36.1 Å². The maximum absolute atomic E-state index is 12.8. The molecule has 0 aromatic carbocycles. The Morgan fingerprint density at radius 1 is 1.32 bits per heavy atom. The Morgan fingerprint density at radius 2 is 2.23 bits per heavy atom. The Labute approximate surface area is 136 Å². The van der Waals surface area contributed by atoms with Gasteiger partial charge in [-0.15, -0.1) is 11.3 Å². The second-order valence-electron chi connectivity index (χ2n) is 6.68. The van der Waals surface area contributed by atoms with E-state index in [1.165, 1.54) is 23.3 Å². The number of nitrogens with zero attached hydrogens (tertiary/aromatic N) is 2. The monoisotopic (exact) mass is 320 g/mol. The van der Waals surface area contributed by atoms with Gasteiger partial charge in [0.2, 0.25) is 5.91 Å². The van der Waals surface area contributed by atoms with Crippen LogP contribution in [0.25, 0.3) is 0 Å². The second kappa shape index (κ2) is 6.30. The first kappa shape index (κ1) is 14.7. The summed E-state index contributed by atoms with van der Waals surface area (Å²) in [7, 11) is 0. The molecule has 0 bridgehead atoms. The van der Waals surface area contributed by atoms with Crippen LogP contribution in [-0.2, 0) is 22.5 Å². The first-order valence-corrected chi connectivity index (χ1v) is 9.38. The summed E-state index contributed by atoms with van der Waals surface area (Å²) in [4.78, 5) is 18.7. The molecule has 1 aromatic heterocycles. The van der Waals surface area contributed by atoms with E-state index in [1.807, 2.05) is 11.3 Å². The van der Waals surface area contributed by atoms with Crippen LogP contribution in [0, 0.1) is 0 Å². The van der Waals surface area contributed by atoms with E-state index in [2.05, 4.69) is 21.2 Å². The van der Waals surface area contributed by atoms with Gasteiger partial charge in [-0.3, -0.25) is 9.69 Å². The van der Waals surface area contributed by atoms with E-state index in [-0.39, 0.29) is 6.10 Å². The second-order valence-corrected chi connectivity index (χ2v) is 7.68. The number of fused-ring (bicyclic) bond motifs is 2. The zero-order valence-corrected chi connectivity index (χ0v) is 13.8. The lowest BCUT2D eigenvalue weighted by molar-refractivity contribution is -0.150. The highest BCUT2D eigenvalue weighted by molar-refractivity contribution is 7.10. The van der Waals surface area contributed by atoms with Gasteiger partial charge in [-0.2, -0.15) is 0 Å². The van der Waals surface area contributed by atoms with Crippen LogP contribution in [-0.4, -0.2) is 54.1 Å². The average Bonchev–Trinajstić information content (AvgIpc) is 3.02. The first-order chi connectivity index (χ1) is 10.8. The summed E-state index contributed by atoms with van der Waals surface area (Å²) in [6, 6.07) is 2.54. The fourth-order valence-corrected chi connectivity index (χ4v) is 5.02. The van der Waals surface area contributed by atoms with E-state index < -0.39 is 0 Å². The SMILES string of the molecule is O=C(CN1CCc2sccc2C1)N1CCO[C@H]2CCCC[C@@H]21. The van der Waals surface area contributed by atoms with Crippen molar-refractivity contribution in [2.24, 2.45) is 0 Å². The normalized spacial score (nSPS) is 29.0. The summed E-state index contributed by atoms with van der Waals surface area (Å²) < 4.78 is 5.88. The maximum Gasteiger partial charge on any atom is 0.237 e. The van der Waals surface area contributed by atoms with Crippen LogP contribution in [0.15, 0.2) is 11.4 Å². The molecule has 0 unspecified atom stereocenters. The third-order valence-electron chi connectivity index (χ3n) is 5.30. The summed E-state index contributed by atoms with van der Waals surface area (Å²) in [5.74, 6) is 0.305. The molecule has 1 amide bonds. The van der Waals surface area contributed by atoms with Gasteiger partial charge >= 0.3 is 0 Å². The lowest BCUT2D eigenvalue weighted by atomic mass is 9.90. The van der Waals surface area contributed by atoms with Gasteiger partial charge in [0.15, 0.2) is 0 Å². The minimum absolute atomic E-state index is 0.288. The summed E-state index contributed by atoms with van der Waals surface area (Å²) in [5.41, 5.74) is 1.42. The van der Waals surface area contributed by atoms with E-state index in [4.69, 9.17) is 4.74 Å². The van der Waals surface area contributed by atoms with E-state index >= 15 is 0 Å². The smallest absolute Gasteiger partial charge is 0.237 e. The van der Waals surface area contributed by atoms with Crippen LogP contribution in [0.2, 0.25) is 0 Å². The quantitative estimate of drug-likeness (QED) is 0.838. The predicted octanol–water partition coefficient (Wildman–Crippen LogP) is 2.28. The molecule has 0 radical (unpaired) electrons. The largest absolute Gasteiger partial charge is 0.374 e. The molecule has 1 saturated heterocycles. The van der Waals surface area contributed by atoms with Gasteiger partial charge in [-0.05, 0) is 36.3 Å². The van der Waals surface area contributed by atoms with E-state index in [9.17, 15) is 4.79 Å². The topological polar surface area (TPSA) is 32.8 Å². The van der Waals surface area contributed by atoms with Crippen molar-refractivity contribution in [2.45, 2.75) is 50.8 Å². The number of carbonyl (C=O) groups is 1. The number of ether oxygens (including phenoxy) is 1. The highest BCUT2D eigenvalue weighted by Gasteiger charge is 2.37. The lowest BCUT2D eigenvalue weighted by Crippen LogP contribution is -2.56. The fourth-order valence-electron chi connectivity index (χ4n) is 4.13. The van der Waals surface area contributed by atoms with E-state index in [0.29, 0.717) is 25.1 Å². The third kappa shape index (κ3) is 2.82. The Bertz CT molecular complexity index is 543. The van der Waals surface area contributed by atoms with Crippen molar-refractivity contribution in [1.29, 1.82) is 0 Å². The molecule has 1 aromatic rings. The Morgan fingerprint density at radius 3 is 3.18 bits per heavy atom. The Hall–Kier alpha value is -0.910. The van der Waals surface area contributed by atoms with Gasteiger partial charge in [0.05, 0.1) is 25.3 Å². The molecule has 3 aliphatic rings. The van der Waals surface area contributed by atoms with Gasteiger partial charge < -0.3 is 9.64 Å². The Kier molecular flexibility index (Phi) is 4.20. The molecule has 5 heteroatoms. The lowest BCUT2D eigenvalue weighted by Gasteiger charge is -2.44. The zero-order chi connectivity index (χ0) is 14.9. The van der Waals surface area contributed by atoms with E-state index in [0.717, 1.165) is 38.9 Å². The van der Waals surface area contributed by atoms with Crippen molar-refractivity contribution in [2.75, 3.05) is 26.2 Å². The van der Waals surface area contributed by atoms with Gasteiger partial charge in [0.25, 0.3) is 0 Å². The molecule has 4 rings (SSSR count). The molecule has 2 fully saturated rings. The predicted molar refractivity (Wildman–Crippen MR) is 87.0 cm³/mol. The fraction of sp³-hybridized carbons (Fsp3) is 0.706. The molecular formula is C17H24N2O2S. The molecular weight excluding hydrogens is 296 g/mol. The highest BCUT2D eigenvalue weighted by atomic mass is 32.1. The third-order valence-corrected chi connectivity index (χ3v) is 6.32. The summed E-state index contributed by atoms with van der Waals surface area (Å²) >= 11 is 1.85. The van der Waals surface area contributed by atoms with Gasteiger partial charge in [-0.1, -0.05) is 12.8 Å². The zero-order valence-electron chi connectivity index (χ0n) is 13.0. The van der Waals surface area contributed by atoms with Crippen molar-refractivity contribution in [3.05, 3.63) is 21.9 Å². The average molecular weight is 320 g/mol. The molecule has 0 spiro atoms. The van der Waals surface area contributed by atoms with Gasteiger partial charge in [0, 0.05) is 24.5 Å². The summed E-state index contributed by atoms with van der Waals surface area (Å²) in [6.45, 7) is 4.00. The summed E-state index contributed by atoms with van der Waals surface area (Å²) in [6.07, 6.45) is 6.10. The van der Waals surface area contributed by atoms with Crippen LogP contribution < -0.4 is 0 Å². The van der Waals surface area contributed by atoms with Crippen LogP contribution in [0.5, 0.6) is 0 Å². The minimum atomic E-state index is 0.288. The standard InChI is InChI=1S/C17H24N2O2S/c20-17(12-18-7-5-16-13(11-18)6-10-22-16)19-8-9-21-15-4-2-1-3-14(15)19/h6,10,14-15H,1-5,7-9,11-12H2/t14-,15-/m0/s1. The molecule has 120 valence electrons.